The number of aliphatic hydroxyl groups is 1. The topological polar surface area (TPSA) is 46.3 Å². The molecule has 3 nitrogen and oxygen atoms in total. The quantitative estimate of drug-likeness (QED) is 0.918. The Kier molecular flexibility index (Phi) is 4.19. The van der Waals surface area contributed by atoms with Gasteiger partial charge in [-0.05, 0) is 25.5 Å². The Labute approximate surface area is 115 Å². The fraction of sp³-hybridized carbons (Fsp3) is 0.357. The highest BCUT2D eigenvalue weighted by Gasteiger charge is 2.21. The lowest BCUT2D eigenvalue weighted by Crippen LogP contribution is -1.99. The Morgan fingerprint density at radius 2 is 2.00 bits per heavy atom. The van der Waals surface area contributed by atoms with Crippen LogP contribution in [0.3, 0.4) is 0 Å². The highest BCUT2D eigenvalue weighted by atomic mass is 79.9. The van der Waals surface area contributed by atoms with Crippen molar-refractivity contribution in [2.45, 2.75) is 32.8 Å². The van der Waals surface area contributed by atoms with Crippen molar-refractivity contribution < 1.29 is 9.63 Å². The molecule has 0 aliphatic carbocycles. The first kappa shape index (κ1) is 13.3. The first-order chi connectivity index (χ1) is 8.63. The summed E-state index contributed by atoms with van der Waals surface area (Å²) >= 11 is 3.40. The maximum Gasteiger partial charge on any atom is 0.172 e. The molecule has 1 aromatic carbocycles. The van der Waals surface area contributed by atoms with E-state index in [1.54, 1.807) is 0 Å². The minimum atomic E-state index is -0.514. The Balaban J connectivity index is 2.42. The van der Waals surface area contributed by atoms with Crippen molar-refractivity contribution in [1.29, 1.82) is 0 Å². The zero-order chi connectivity index (χ0) is 13.1. The molecule has 18 heavy (non-hydrogen) atoms. The zero-order valence-corrected chi connectivity index (χ0v) is 12.1. The average Bonchev–Trinajstić information content (AvgIpc) is 2.72. The number of aromatic nitrogens is 1. The van der Waals surface area contributed by atoms with Crippen molar-refractivity contribution in [3.05, 3.63) is 40.0 Å². The summed E-state index contributed by atoms with van der Waals surface area (Å²) in [7, 11) is 0. The molecule has 1 aromatic heterocycles. The number of hydrogen-bond acceptors (Lipinski definition) is 3. The van der Waals surface area contributed by atoms with Gasteiger partial charge in [-0.3, -0.25) is 0 Å². The number of hydrogen-bond donors (Lipinski definition) is 1. The largest absolute Gasteiger partial charge is 0.388 e. The summed E-state index contributed by atoms with van der Waals surface area (Å²) in [5.41, 5.74) is 2.50. The highest BCUT2D eigenvalue weighted by molar-refractivity contribution is 9.10. The molecule has 1 unspecified atom stereocenters. The second-order valence-electron chi connectivity index (χ2n) is 4.32. The summed E-state index contributed by atoms with van der Waals surface area (Å²) in [6.07, 6.45) is 1.12. The number of benzene rings is 1. The highest BCUT2D eigenvalue weighted by Crippen LogP contribution is 2.33. The summed E-state index contributed by atoms with van der Waals surface area (Å²) in [6.45, 7) is 3.91. The van der Waals surface area contributed by atoms with Crippen molar-refractivity contribution >= 4 is 15.9 Å². The van der Waals surface area contributed by atoms with Gasteiger partial charge in [0.1, 0.15) is 0 Å². The van der Waals surface area contributed by atoms with Gasteiger partial charge in [0, 0.05) is 10.0 Å². The van der Waals surface area contributed by atoms with Crippen LogP contribution in [0.25, 0.3) is 11.3 Å². The molecular formula is C14H16BrNO2. The lowest BCUT2D eigenvalue weighted by Gasteiger charge is -2.09. The van der Waals surface area contributed by atoms with E-state index in [1.807, 2.05) is 38.1 Å². The van der Waals surface area contributed by atoms with Crippen LogP contribution in [0.4, 0.5) is 0 Å². The molecule has 2 aromatic rings. The summed E-state index contributed by atoms with van der Waals surface area (Å²) in [5, 5.41) is 14.1. The SMILES string of the molecule is CCCC(O)c1c(C)noc1-c1ccc(Br)cc1. The molecule has 0 fully saturated rings. The van der Waals surface area contributed by atoms with Crippen LogP contribution in [0.5, 0.6) is 0 Å². The maximum absolute atomic E-state index is 10.2. The molecule has 1 heterocycles. The summed E-state index contributed by atoms with van der Waals surface area (Å²) in [6, 6.07) is 7.80. The molecule has 0 aliphatic rings. The standard InChI is InChI=1S/C14H16BrNO2/c1-3-4-12(17)13-9(2)16-18-14(13)10-5-7-11(15)8-6-10/h5-8,12,17H,3-4H2,1-2H3. The van der Waals surface area contributed by atoms with Gasteiger partial charge >= 0.3 is 0 Å². The second-order valence-corrected chi connectivity index (χ2v) is 5.24. The van der Waals surface area contributed by atoms with E-state index in [9.17, 15) is 5.11 Å². The van der Waals surface area contributed by atoms with Gasteiger partial charge < -0.3 is 9.63 Å². The van der Waals surface area contributed by atoms with Gasteiger partial charge in [-0.2, -0.15) is 0 Å². The molecule has 1 N–H and O–H groups in total. The predicted molar refractivity (Wildman–Crippen MR) is 74.2 cm³/mol. The van der Waals surface area contributed by atoms with Crippen LogP contribution in [0.2, 0.25) is 0 Å². The Hall–Kier alpha value is -1.13. The lowest BCUT2D eigenvalue weighted by molar-refractivity contribution is 0.166. The maximum atomic E-state index is 10.2. The molecule has 0 saturated carbocycles. The van der Waals surface area contributed by atoms with Crippen LogP contribution in [0.1, 0.15) is 37.1 Å². The van der Waals surface area contributed by atoms with Gasteiger partial charge in [0.05, 0.1) is 17.4 Å². The van der Waals surface area contributed by atoms with Crippen molar-refractivity contribution in [3.63, 3.8) is 0 Å². The van der Waals surface area contributed by atoms with Crippen molar-refractivity contribution in [2.24, 2.45) is 0 Å². The van der Waals surface area contributed by atoms with Crippen LogP contribution in [0, 0.1) is 6.92 Å². The molecule has 0 spiro atoms. The third-order valence-corrected chi connectivity index (χ3v) is 3.44. The molecule has 0 aliphatic heterocycles. The van der Waals surface area contributed by atoms with Crippen molar-refractivity contribution in [1.82, 2.24) is 5.16 Å². The lowest BCUT2D eigenvalue weighted by atomic mass is 10.00. The summed E-state index contributed by atoms with van der Waals surface area (Å²) in [4.78, 5) is 0. The Morgan fingerprint density at radius 1 is 1.33 bits per heavy atom. The van der Waals surface area contributed by atoms with Crippen LogP contribution in [0.15, 0.2) is 33.3 Å². The minimum absolute atomic E-state index is 0.514. The van der Waals surface area contributed by atoms with Gasteiger partial charge in [0.25, 0.3) is 0 Å². The molecular weight excluding hydrogens is 294 g/mol. The predicted octanol–water partition coefficient (Wildman–Crippen LogP) is 4.25. The van der Waals surface area contributed by atoms with Gasteiger partial charge in [0.15, 0.2) is 5.76 Å². The van der Waals surface area contributed by atoms with Gasteiger partial charge in [-0.25, -0.2) is 0 Å². The number of nitrogens with zero attached hydrogens (tertiary/aromatic N) is 1. The van der Waals surface area contributed by atoms with Crippen LogP contribution in [-0.2, 0) is 0 Å². The van der Waals surface area contributed by atoms with Gasteiger partial charge in [-0.1, -0.05) is 46.6 Å². The third kappa shape index (κ3) is 2.65. The van der Waals surface area contributed by atoms with E-state index in [0.717, 1.165) is 27.7 Å². The molecule has 96 valence electrons. The smallest absolute Gasteiger partial charge is 0.172 e. The van der Waals surface area contributed by atoms with E-state index in [4.69, 9.17) is 4.52 Å². The summed E-state index contributed by atoms with van der Waals surface area (Å²) in [5.74, 6) is 0.668. The fourth-order valence-corrected chi connectivity index (χ4v) is 2.26. The number of halogens is 1. The number of aliphatic hydroxyl groups excluding tert-OH is 1. The zero-order valence-electron chi connectivity index (χ0n) is 10.5. The monoisotopic (exact) mass is 309 g/mol. The van der Waals surface area contributed by atoms with E-state index >= 15 is 0 Å². The van der Waals surface area contributed by atoms with Crippen LogP contribution >= 0.6 is 15.9 Å². The van der Waals surface area contributed by atoms with E-state index in [2.05, 4.69) is 21.1 Å². The Bertz CT molecular complexity index is 519. The molecule has 4 heteroatoms. The fourth-order valence-electron chi connectivity index (χ4n) is 2.00. The number of rotatable bonds is 4. The average molecular weight is 310 g/mol. The second kappa shape index (κ2) is 5.67. The van der Waals surface area contributed by atoms with E-state index in [0.29, 0.717) is 12.2 Å². The molecule has 2 rings (SSSR count). The van der Waals surface area contributed by atoms with Gasteiger partial charge in [-0.15, -0.1) is 0 Å². The van der Waals surface area contributed by atoms with Crippen LogP contribution < -0.4 is 0 Å². The molecule has 0 radical (unpaired) electrons. The van der Waals surface area contributed by atoms with Gasteiger partial charge in [0.2, 0.25) is 0 Å². The van der Waals surface area contributed by atoms with E-state index in [-0.39, 0.29) is 0 Å². The van der Waals surface area contributed by atoms with Crippen molar-refractivity contribution in [2.75, 3.05) is 0 Å². The number of aryl methyl sites for hydroxylation is 1. The molecule has 0 bridgehead atoms. The van der Waals surface area contributed by atoms with E-state index in [1.165, 1.54) is 0 Å². The summed E-state index contributed by atoms with van der Waals surface area (Å²) < 4.78 is 6.38. The first-order valence-electron chi connectivity index (χ1n) is 6.03. The molecule has 0 amide bonds. The van der Waals surface area contributed by atoms with Crippen LogP contribution in [-0.4, -0.2) is 10.3 Å². The first-order valence-corrected chi connectivity index (χ1v) is 6.83. The van der Waals surface area contributed by atoms with E-state index < -0.39 is 6.10 Å². The van der Waals surface area contributed by atoms with Crippen molar-refractivity contribution in [3.8, 4) is 11.3 Å². The molecule has 1 atom stereocenters. The third-order valence-electron chi connectivity index (χ3n) is 2.91. The Morgan fingerprint density at radius 3 is 2.61 bits per heavy atom. The minimum Gasteiger partial charge on any atom is -0.388 e. The molecule has 0 saturated heterocycles. The normalized spacial score (nSPS) is 12.7.